The fourth-order valence-electron chi connectivity index (χ4n) is 2.49. The molecule has 3 aromatic rings. The first-order chi connectivity index (χ1) is 12.7. The van der Waals surface area contributed by atoms with Crippen LogP contribution in [0.5, 0.6) is 5.75 Å². The number of carbonyl (C=O) groups is 1. The van der Waals surface area contributed by atoms with E-state index >= 15 is 0 Å². The lowest BCUT2D eigenvalue weighted by Gasteiger charge is -2.09. The average Bonchev–Trinajstić information content (AvgIpc) is 2.66. The molecular formula is C22H18FO2S+. The lowest BCUT2D eigenvalue weighted by Crippen LogP contribution is -2.08. The van der Waals surface area contributed by atoms with Crippen LogP contribution in [0.1, 0.15) is 6.92 Å². The lowest BCUT2D eigenvalue weighted by molar-refractivity contribution is -0.129. The number of allylic oxidation sites excluding steroid dienone is 1. The van der Waals surface area contributed by atoms with Gasteiger partial charge < -0.3 is 4.74 Å². The molecule has 0 saturated carbocycles. The first-order valence-corrected chi connectivity index (χ1v) is 9.40. The molecule has 2 nitrogen and oxygen atoms in total. The minimum Gasteiger partial charge on any atom is -0.420 e. The number of halogens is 1. The molecule has 0 N–H and O–H groups in total. The number of benzene rings is 3. The van der Waals surface area contributed by atoms with E-state index in [4.69, 9.17) is 4.74 Å². The fourth-order valence-corrected chi connectivity index (χ4v) is 4.59. The van der Waals surface area contributed by atoms with Crippen LogP contribution in [0.3, 0.4) is 0 Å². The second-order valence-electron chi connectivity index (χ2n) is 5.45. The van der Waals surface area contributed by atoms with Crippen LogP contribution in [0.15, 0.2) is 106 Å². The first-order valence-electron chi connectivity index (χ1n) is 8.17. The van der Waals surface area contributed by atoms with Gasteiger partial charge in [0, 0.05) is 12.1 Å². The SMILES string of the molecule is C/C=C/C(=O)Oc1cc([S+](c2ccccc2)c2ccccc2)ccc1F. The predicted molar refractivity (Wildman–Crippen MR) is 102 cm³/mol. The van der Waals surface area contributed by atoms with E-state index < -0.39 is 22.7 Å². The van der Waals surface area contributed by atoms with E-state index in [1.54, 1.807) is 25.1 Å². The maximum atomic E-state index is 14.1. The zero-order valence-corrected chi connectivity index (χ0v) is 15.1. The Morgan fingerprint density at radius 3 is 2.00 bits per heavy atom. The zero-order valence-electron chi connectivity index (χ0n) is 14.3. The van der Waals surface area contributed by atoms with Crippen LogP contribution in [-0.2, 0) is 15.7 Å². The zero-order chi connectivity index (χ0) is 18.4. The Bertz CT molecular complexity index is 868. The number of esters is 1. The lowest BCUT2D eigenvalue weighted by atomic mass is 10.3. The third-order valence-electron chi connectivity index (χ3n) is 3.61. The first kappa shape index (κ1) is 18.0. The normalized spacial score (nSPS) is 11.0. The molecule has 0 bridgehead atoms. The van der Waals surface area contributed by atoms with E-state index in [1.807, 2.05) is 60.7 Å². The molecule has 0 aliphatic heterocycles. The molecule has 3 rings (SSSR count). The van der Waals surface area contributed by atoms with Gasteiger partial charge >= 0.3 is 5.97 Å². The summed E-state index contributed by atoms with van der Waals surface area (Å²) in [6.07, 6.45) is 2.82. The Kier molecular flexibility index (Phi) is 5.87. The van der Waals surface area contributed by atoms with E-state index in [-0.39, 0.29) is 5.75 Å². The summed E-state index contributed by atoms with van der Waals surface area (Å²) in [7, 11) is -0.428. The van der Waals surface area contributed by atoms with Crippen LogP contribution in [0, 0.1) is 5.82 Å². The van der Waals surface area contributed by atoms with Gasteiger partial charge in [-0.1, -0.05) is 42.5 Å². The van der Waals surface area contributed by atoms with E-state index in [1.165, 1.54) is 12.1 Å². The van der Waals surface area contributed by atoms with Gasteiger partial charge in [0.05, 0.1) is 10.9 Å². The maximum Gasteiger partial charge on any atom is 0.335 e. The van der Waals surface area contributed by atoms with Crippen LogP contribution in [-0.4, -0.2) is 5.97 Å². The van der Waals surface area contributed by atoms with Gasteiger partial charge in [0.25, 0.3) is 0 Å². The molecule has 0 spiro atoms. The van der Waals surface area contributed by atoms with Crippen LogP contribution < -0.4 is 4.74 Å². The van der Waals surface area contributed by atoms with Gasteiger partial charge in [0.1, 0.15) is 0 Å². The molecule has 0 saturated heterocycles. The molecule has 0 amide bonds. The highest BCUT2D eigenvalue weighted by atomic mass is 32.2. The van der Waals surface area contributed by atoms with Crippen molar-refractivity contribution >= 4 is 16.9 Å². The van der Waals surface area contributed by atoms with Gasteiger partial charge in [-0.05, 0) is 43.3 Å². The second kappa shape index (κ2) is 8.50. The van der Waals surface area contributed by atoms with Crippen LogP contribution in [0.4, 0.5) is 4.39 Å². The monoisotopic (exact) mass is 365 g/mol. The molecule has 0 heterocycles. The van der Waals surface area contributed by atoms with Crippen molar-refractivity contribution < 1.29 is 13.9 Å². The topological polar surface area (TPSA) is 26.3 Å². The van der Waals surface area contributed by atoms with Gasteiger partial charge in [0.15, 0.2) is 26.3 Å². The quantitative estimate of drug-likeness (QED) is 0.262. The smallest absolute Gasteiger partial charge is 0.335 e. The summed E-state index contributed by atoms with van der Waals surface area (Å²) in [4.78, 5) is 14.8. The summed E-state index contributed by atoms with van der Waals surface area (Å²) in [6, 6.07) is 24.7. The van der Waals surface area contributed by atoms with Crippen molar-refractivity contribution in [2.75, 3.05) is 0 Å². The molecule has 4 heteroatoms. The number of hydrogen-bond acceptors (Lipinski definition) is 2. The van der Waals surface area contributed by atoms with Gasteiger partial charge in [-0.2, -0.15) is 0 Å². The minimum absolute atomic E-state index is 0.0602. The molecule has 0 aliphatic rings. The standard InChI is InChI=1S/C22H18FO2S/c1-2-9-22(24)25-21-16-19(14-15-20(21)23)26(17-10-5-3-6-11-17)18-12-7-4-8-13-18/h2-16H,1H3/q+1/b9-2+. The molecular weight excluding hydrogens is 347 g/mol. The Morgan fingerprint density at radius 1 is 0.885 bits per heavy atom. The molecule has 0 atom stereocenters. The van der Waals surface area contributed by atoms with Gasteiger partial charge in [0.2, 0.25) is 0 Å². The van der Waals surface area contributed by atoms with Crippen molar-refractivity contribution in [3.05, 3.63) is 96.8 Å². The summed E-state index contributed by atoms with van der Waals surface area (Å²) < 4.78 is 19.3. The Hall–Kier alpha value is -2.85. The Balaban J connectivity index is 2.06. The maximum absolute atomic E-state index is 14.1. The van der Waals surface area contributed by atoms with E-state index in [2.05, 4.69) is 0 Å². The van der Waals surface area contributed by atoms with Crippen LogP contribution in [0.2, 0.25) is 0 Å². The molecule has 0 unspecified atom stereocenters. The molecule has 0 radical (unpaired) electrons. The summed E-state index contributed by atoms with van der Waals surface area (Å²) in [5.41, 5.74) is 0. The van der Waals surface area contributed by atoms with Gasteiger partial charge in [-0.3, -0.25) is 0 Å². The number of ether oxygens (including phenoxy) is 1. The third-order valence-corrected chi connectivity index (χ3v) is 5.82. The van der Waals surface area contributed by atoms with Crippen LogP contribution >= 0.6 is 0 Å². The molecule has 0 aromatic heterocycles. The van der Waals surface area contributed by atoms with Crippen molar-refractivity contribution in [3.63, 3.8) is 0 Å². The Morgan fingerprint density at radius 2 is 1.46 bits per heavy atom. The third kappa shape index (κ3) is 4.21. The van der Waals surface area contributed by atoms with Crippen molar-refractivity contribution in [2.24, 2.45) is 0 Å². The fraction of sp³-hybridized carbons (Fsp3) is 0.0455. The summed E-state index contributed by atoms with van der Waals surface area (Å²) >= 11 is 0. The highest BCUT2D eigenvalue weighted by Crippen LogP contribution is 2.33. The molecule has 26 heavy (non-hydrogen) atoms. The van der Waals surface area contributed by atoms with E-state index in [0.29, 0.717) is 0 Å². The van der Waals surface area contributed by atoms with E-state index in [9.17, 15) is 9.18 Å². The number of carbonyl (C=O) groups excluding carboxylic acids is 1. The van der Waals surface area contributed by atoms with Gasteiger partial charge in [-0.25, -0.2) is 9.18 Å². The Labute approximate surface area is 155 Å². The largest absolute Gasteiger partial charge is 0.420 e. The molecule has 0 aliphatic carbocycles. The van der Waals surface area contributed by atoms with Crippen molar-refractivity contribution in [3.8, 4) is 5.75 Å². The summed E-state index contributed by atoms with van der Waals surface area (Å²) in [5.74, 6) is -1.21. The van der Waals surface area contributed by atoms with Crippen LogP contribution in [0.25, 0.3) is 0 Å². The highest BCUT2D eigenvalue weighted by molar-refractivity contribution is 7.97. The highest BCUT2D eigenvalue weighted by Gasteiger charge is 2.29. The van der Waals surface area contributed by atoms with Gasteiger partial charge in [-0.15, -0.1) is 0 Å². The van der Waals surface area contributed by atoms with Crippen molar-refractivity contribution in [1.82, 2.24) is 0 Å². The van der Waals surface area contributed by atoms with Crippen molar-refractivity contribution in [2.45, 2.75) is 21.6 Å². The summed E-state index contributed by atoms with van der Waals surface area (Å²) in [6.45, 7) is 1.70. The number of rotatable bonds is 5. The van der Waals surface area contributed by atoms with E-state index in [0.717, 1.165) is 14.7 Å². The minimum atomic E-state index is -0.595. The molecule has 130 valence electrons. The summed E-state index contributed by atoms with van der Waals surface area (Å²) in [5, 5.41) is 0. The second-order valence-corrected chi connectivity index (χ2v) is 7.47. The molecule has 3 aromatic carbocycles. The average molecular weight is 365 g/mol. The molecule has 0 fully saturated rings. The number of hydrogen-bond donors (Lipinski definition) is 0. The van der Waals surface area contributed by atoms with Crippen molar-refractivity contribution in [1.29, 1.82) is 0 Å². The predicted octanol–water partition coefficient (Wildman–Crippen LogP) is 5.40.